The lowest BCUT2D eigenvalue weighted by Crippen LogP contribution is -2.18. The number of benzene rings is 1. The monoisotopic (exact) mass is 272 g/mol. The highest BCUT2D eigenvalue weighted by Crippen LogP contribution is 2.16. The maximum absolute atomic E-state index is 11.6. The highest BCUT2D eigenvalue weighted by atomic mass is 16.4. The van der Waals surface area contributed by atoms with Crippen molar-refractivity contribution in [2.75, 3.05) is 5.73 Å². The molecule has 0 bridgehead atoms. The summed E-state index contributed by atoms with van der Waals surface area (Å²) in [4.78, 5) is 24.9. The van der Waals surface area contributed by atoms with E-state index < -0.39 is 5.97 Å². The minimum atomic E-state index is -0.947. The Morgan fingerprint density at radius 2 is 1.90 bits per heavy atom. The smallest absolute Gasteiger partial charge is 0.307 e. The molecule has 0 amide bonds. The van der Waals surface area contributed by atoms with Gasteiger partial charge in [-0.3, -0.25) is 9.59 Å². The number of rotatable bonds is 5. The third kappa shape index (κ3) is 3.26. The van der Waals surface area contributed by atoms with Gasteiger partial charge in [0.2, 0.25) is 0 Å². The molecule has 0 aliphatic carbocycles. The summed E-state index contributed by atoms with van der Waals surface area (Å²) in [6, 6.07) is 9.78. The average Bonchev–Trinajstić information content (AvgIpc) is 2.43. The summed E-state index contributed by atoms with van der Waals surface area (Å²) >= 11 is 0. The second-order valence-electron chi connectivity index (χ2n) is 4.59. The number of H-pyrrole nitrogens is 1. The van der Waals surface area contributed by atoms with Gasteiger partial charge in [-0.05, 0) is 29.5 Å². The van der Waals surface area contributed by atoms with Crippen molar-refractivity contribution in [3.05, 3.63) is 63.6 Å². The number of hydrogen-bond acceptors (Lipinski definition) is 3. The molecule has 0 spiro atoms. The first-order chi connectivity index (χ1) is 9.58. The van der Waals surface area contributed by atoms with Crippen LogP contribution in [0.1, 0.15) is 16.7 Å². The summed E-state index contributed by atoms with van der Waals surface area (Å²) in [7, 11) is 0. The lowest BCUT2D eigenvalue weighted by molar-refractivity contribution is -0.136. The van der Waals surface area contributed by atoms with Crippen LogP contribution >= 0.6 is 0 Å². The summed E-state index contributed by atoms with van der Waals surface area (Å²) in [5.74, 6) is -0.947. The number of pyridine rings is 1. The van der Waals surface area contributed by atoms with Gasteiger partial charge in [0, 0.05) is 6.20 Å². The molecule has 0 fully saturated rings. The first-order valence-corrected chi connectivity index (χ1v) is 6.32. The Morgan fingerprint density at radius 3 is 2.55 bits per heavy atom. The molecule has 20 heavy (non-hydrogen) atoms. The zero-order chi connectivity index (χ0) is 14.5. The largest absolute Gasteiger partial charge is 0.481 e. The first-order valence-electron chi connectivity index (χ1n) is 6.32. The number of hydrogen-bond donors (Lipinski definition) is 3. The molecule has 0 unspecified atom stereocenters. The minimum absolute atomic E-state index is 0.111. The Kier molecular flexibility index (Phi) is 4.20. The summed E-state index contributed by atoms with van der Waals surface area (Å²) in [6.45, 7) is 0. The normalized spacial score (nSPS) is 10.4. The van der Waals surface area contributed by atoms with Crippen LogP contribution in [-0.2, 0) is 24.1 Å². The molecule has 1 aromatic carbocycles. The summed E-state index contributed by atoms with van der Waals surface area (Å²) in [5, 5.41) is 8.90. The van der Waals surface area contributed by atoms with Crippen LogP contribution in [-0.4, -0.2) is 16.1 Å². The van der Waals surface area contributed by atoms with Crippen LogP contribution < -0.4 is 11.3 Å². The van der Waals surface area contributed by atoms with Crippen LogP contribution in [0.2, 0.25) is 0 Å². The summed E-state index contributed by atoms with van der Waals surface area (Å²) < 4.78 is 0. The number of anilines is 1. The predicted molar refractivity (Wildman–Crippen MR) is 76.7 cm³/mol. The van der Waals surface area contributed by atoms with Gasteiger partial charge in [-0.25, -0.2) is 0 Å². The molecule has 1 heterocycles. The van der Waals surface area contributed by atoms with E-state index in [2.05, 4.69) is 4.98 Å². The lowest BCUT2D eigenvalue weighted by Gasteiger charge is -2.10. The van der Waals surface area contributed by atoms with Gasteiger partial charge in [-0.15, -0.1) is 0 Å². The molecule has 0 atom stereocenters. The van der Waals surface area contributed by atoms with E-state index in [-0.39, 0.29) is 17.7 Å². The molecule has 2 rings (SSSR count). The molecule has 0 saturated carbocycles. The van der Waals surface area contributed by atoms with Crippen molar-refractivity contribution >= 4 is 11.7 Å². The maximum atomic E-state index is 11.6. The van der Waals surface area contributed by atoms with Crippen LogP contribution in [0.4, 0.5) is 5.69 Å². The summed E-state index contributed by atoms with van der Waals surface area (Å²) in [6.07, 6.45) is 2.54. The fourth-order valence-electron chi connectivity index (χ4n) is 2.16. The number of nitrogen functional groups attached to an aromatic ring is 1. The fraction of sp³-hybridized carbons (Fsp3) is 0.200. The lowest BCUT2D eigenvalue weighted by atomic mass is 9.98. The standard InChI is InChI=1S/C15H16N2O3/c16-14-12(7-6-10-4-2-1-3-5-10)11(8-13(18)19)9-17-15(14)20/h1-5,9H,6-8,16H2,(H,17,20)(H,18,19). The topological polar surface area (TPSA) is 96.2 Å². The van der Waals surface area contributed by atoms with Gasteiger partial charge in [-0.2, -0.15) is 0 Å². The zero-order valence-electron chi connectivity index (χ0n) is 10.9. The molecular weight excluding hydrogens is 256 g/mol. The van der Waals surface area contributed by atoms with Crippen molar-refractivity contribution < 1.29 is 9.90 Å². The van der Waals surface area contributed by atoms with E-state index in [0.717, 1.165) is 5.56 Å². The Balaban J connectivity index is 2.27. The third-order valence-corrected chi connectivity index (χ3v) is 3.18. The first kappa shape index (κ1) is 13.9. The molecule has 0 saturated heterocycles. The van der Waals surface area contributed by atoms with E-state index in [1.807, 2.05) is 30.3 Å². The molecular formula is C15H16N2O3. The Hall–Kier alpha value is -2.56. The van der Waals surface area contributed by atoms with Crippen molar-refractivity contribution in [2.45, 2.75) is 19.3 Å². The fourth-order valence-corrected chi connectivity index (χ4v) is 2.16. The van der Waals surface area contributed by atoms with E-state index >= 15 is 0 Å². The van der Waals surface area contributed by atoms with Crippen LogP contribution in [0.15, 0.2) is 41.3 Å². The maximum Gasteiger partial charge on any atom is 0.307 e. The number of aliphatic carboxylic acids is 1. The number of nitrogens with two attached hydrogens (primary N) is 1. The Morgan fingerprint density at radius 1 is 1.20 bits per heavy atom. The molecule has 4 N–H and O–H groups in total. The van der Waals surface area contributed by atoms with E-state index in [0.29, 0.717) is 24.0 Å². The van der Waals surface area contributed by atoms with Crippen LogP contribution in [0.3, 0.4) is 0 Å². The number of aromatic amines is 1. The van der Waals surface area contributed by atoms with Crippen LogP contribution in [0, 0.1) is 0 Å². The molecule has 104 valence electrons. The van der Waals surface area contributed by atoms with Crippen molar-refractivity contribution in [3.8, 4) is 0 Å². The molecule has 2 aromatic rings. The number of aryl methyl sites for hydroxylation is 1. The van der Waals surface area contributed by atoms with Gasteiger partial charge >= 0.3 is 5.97 Å². The molecule has 0 aliphatic heterocycles. The van der Waals surface area contributed by atoms with Crippen LogP contribution in [0.25, 0.3) is 0 Å². The van der Waals surface area contributed by atoms with E-state index in [9.17, 15) is 9.59 Å². The van der Waals surface area contributed by atoms with Gasteiger partial charge in [0.25, 0.3) is 5.56 Å². The molecule has 1 aromatic heterocycles. The number of carboxylic acid groups (broad SMARTS) is 1. The molecule has 5 heteroatoms. The minimum Gasteiger partial charge on any atom is -0.481 e. The third-order valence-electron chi connectivity index (χ3n) is 3.18. The number of carbonyl (C=O) groups is 1. The van der Waals surface area contributed by atoms with E-state index in [1.54, 1.807) is 0 Å². The van der Waals surface area contributed by atoms with Crippen molar-refractivity contribution in [2.24, 2.45) is 0 Å². The van der Waals surface area contributed by atoms with E-state index in [4.69, 9.17) is 10.8 Å². The zero-order valence-corrected chi connectivity index (χ0v) is 10.9. The van der Waals surface area contributed by atoms with E-state index in [1.165, 1.54) is 6.20 Å². The van der Waals surface area contributed by atoms with Crippen molar-refractivity contribution in [3.63, 3.8) is 0 Å². The quantitative estimate of drug-likeness (QED) is 0.766. The number of carboxylic acids is 1. The van der Waals surface area contributed by atoms with Gasteiger partial charge in [0.1, 0.15) is 5.69 Å². The molecule has 0 radical (unpaired) electrons. The SMILES string of the molecule is Nc1c(CCc2ccccc2)c(CC(=O)O)c[nH]c1=O. The molecule has 5 nitrogen and oxygen atoms in total. The van der Waals surface area contributed by atoms with Crippen LogP contribution in [0.5, 0.6) is 0 Å². The van der Waals surface area contributed by atoms with Crippen molar-refractivity contribution in [1.29, 1.82) is 0 Å². The summed E-state index contributed by atoms with van der Waals surface area (Å²) in [5.41, 5.74) is 7.83. The van der Waals surface area contributed by atoms with Gasteiger partial charge in [0.15, 0.2) is 0 Å². The molecule has 0 aliphatic rings. The number of aromatic nitrogens is 1. The second-order valence-corrected chi connectivity index (χ2v) is 4.59. The van der Waals surface area contributed by atoms with Gasteiger partial charge in [0.05, 0.1) is 6.42 Å². The van der Waals surface area contributed by atoms with Crippen molar-refractivity contribution in [1.82, 2.24) is 4.98 Å². The Bertz CT molecular complexity index is 663. The number of nitrogens with one attached hydrogen (secondary N) is 1. The second kappa shape index (κ2) is 6.06. The Labute approximate surface area is 116 Å². The van der Waals surface area contributed by atoms with Gasteiger partial charge < -0.3 is 15.8 Å². The average molecular weight is 272 g/mol. The van der Waals surface area contributed by atoms with Gasteiger partial charge in [-0.1, -0.05) is 30.3 Å². The predicted octanol–water partition coefficient (Wildman–Crippen LogP) is 1.37. The highest BCUT2D eigenvalue weighted by Gasteiger charge is 2.12. The highest BCUT2D eigenvalue weighted by molar-refractivity contribution is 5.71.